The standard InChI is InChI=1S/C15H20ClNO3/c1-9-5-4-6-17-13(9)11-7-10(2)14(18)12(16)15(11)20-8-19-3/h7,9,18H,4-6,8H2,1-3H3. The minimum absolute atomic E-state index is 0.0468. The maximum Gasteiger partial charge on any atom is 0.188 e. The first-order chi connectivity index (χ1) is 9.56. The topological polar surface area (TPSA) is 51.0 Å². The number of phenols is 1. The van der Waals surface area contributed by atoms with Gasteiger partial charge in [-0.1, -0.05) is 18.5 Å². The second-order valence-electron chi connectivity index (χ2n) is 5.09. The molecule has 0 radical (unpaired) electrons. The fraction of sp³-hybridized carbons (Fsp3) is 0.533. The van der Waals surface area contributed by atoms with Crippen LogP contribution in [-0.4, -0.2) is 31.3 Å². The van der Waals surface area contributed by atoms with Crippen LogP contribution < -0.4 is 4.74 Å². The predicted octanol–water partition coefficient (Wildman–Crippen LogP) is 3.56. The number of rotatable bonds is 4. The van der Waals surface area contributed by atoms with Crippen molar-refractivity contribution in [3.8, 4) is 11.5 Å². The SMILES string of the molecule is COCOc1c(C2=NCCCC2C)cc(C)c(O)c1Cl. The lowest BCUT2D eigenvalue weighted by molar-refractivity contribution is 0.0509. The van der Waals surface area contributed by atoms with Gasteiger partial charge in [0, 0.05) is 24.9 Å². The Morgan fingerprint density at radius 3 is 2.90 bits per heavy atom. The maximum absolute atomic E-state index is 9.98. The van der Waals surface area contributed by atoms with Gasteiger partial charge in [-0.2, -0.15) is 0 Å². The Bertz CT molecular complexity index is 528. The fourth-order valence-electron chi connectivity index (χ4n) is 2.44. The Labute approximate surface area is 124 Å². The van der Waals surface area contributed by atoms with Gasteiger partial charge >= 0.3 is 0 Å². The summed E-state index contributed by atoms with van der Waals surface area (Å²) in [6.45, 7) is 4.87. The number of nitrogens with zero attached hydrogens (tertiary/aromatic N) is 1. The van der Waals surface area contributed by atoms with Crippen LogP contribution in [0.5, 0.6) is 11.5 Å². The van der Waals surface area contributed by atoms with E-state index >= 15 is 0 Å². The minimum Gasteiger partial charge on any atom is -0.506 e. The predicted molar refractivity (Wildman–Crippen MR) is 80.2 cm³/mol. The lowest BCUT2D eigenvalue weighted by atomic mass is 9.90. The van der Waals surface area contributed by atoms with Crippen LogP contribution in [0.4, 0.5) is 0 Å². The lowest BCUT2D eigenvalue weighted by Gasteiger charge is -2.23. The molecule has 0 aliphatic carbocycles. The van der Waals surface area contributed by atoms with E-state index in [0.29, 0.717) is 11.7 Å². The number of phenolic OH excluding ortho intramolecular Hbond substituents is 1. The minimum atomic E-state index is 0.0468. The smallest absolute Gasteiger partial charge is 0.188 e. The molecule has 110 valence electrons. The normalized spacial score (nSPS) is 18.8. The fourth-order valence-corrected chi connectivity index (χ4v) is 2.74. The van der Waals surface area contributed by atoms with Crippen molar-refractivity contribution in [1.82, 2.24) is 0 Å². The Morgan fingerprint density at radius 1 is 1.50 bits per heavy atom. The summed E-state index contributed by atoms with van der Waals surface area (Å²) in [7, 11) is 1.54. The monoisotopic (exact) mass is 297 g/mol. The van der Waals surface area contributed by atoms with E-state index in [1.54, 1.807) is 7.11 Å². The Balaban J connectivity index is 2.52. The summed E-state index contributed by atoms with van der Waals surface area (Å²) in [4.78, 5) is 4.62. The van der Waals surface area contributed by atoms with Crippen molar-refractivity contribution in [3.63, 3.8) is 0 Å². The van der Waals surface area contributed by atoms with Gasteiger partial charge in [-0.15, -0.1) is 0 Å². The zero-order valence-corrected chi connectivity index (χ0v) is 12.8. The van der Waals surface area contributed by atoms with E-state index in [4.69, 9.17) is 21.1 Å². The molecule has 0 amide bonds. The second-order valence-corrected chi connectivity index (χ2v) is 5.47. The average Bonchev–Trinajstić information content (AvgIpc) is 2.44. The van der Waals surface area contributed by atoms with Gasteiger partial charge < -0.3 is 14.6 Å². The first-order valence-electron chi connectivity index (χ1n) is 6.74. The van der Waals surface area contributed by atoms with Crippen molar-refractivity contribution in [2.45, 2.75) is 26.7 Å². The number of benzene rings is 1. The molecule has 1 aliphatic rings. The third-order valence-electron chi connectivity index (χ3n) is 3.53. The van der Waals surface area contributed by atoms with E-state index in [1.807, 2.05) is 13.0 Å². The first kappa shape index (κ1) is 15.1. The molecule has 0 bridgehead atoms. The highest BCUT2D eigenvalue weighted by molar-refractivity contribution is 6.34. The highest BCUT2D eigenvalue weighted by Gasteiger charge is 2.24. The van der Waals surface area contributed by atoms with Gasteiger partial charge in [0.1, 0.15) is 10.8 Å². The summed E-state index contributed by atoms with van der Waals surface area (Å²) in [6.07, 6.45) is 2.20. The summed E-state index contributed by atoms with van der Waals surface area (Å²) in [6, 6.07) is 1.88. The molecule has 1 heterocycles. The summed E-state index contributed by atoms with van der Waals surface area (Å²) in [5.74, 6) is 0.850. The number of halogens is 1. The summed E-state index contributed by atoms with van der Waals surface area (Å²) in [5, 5.41) is 10.2. The number of aryl methyl sites for hydroxylation is 1. The van der Waals surface area contributed by atoms with Crippen LogP contribution in [0.15, 0.2) is 11.1 Å². The third kappa shape index (κ3) is 2.91. The number of ether oxygens (including phenoxy) is 2. The zero-order chi connectivity index (χ0) is 14.7. The van der Waals surface area contributed by atoms with Crippen molar-refractivity contribution in [2.24, 2.45) is 10.9 Å². The summed E-state index contributed by atoms with van der Waals surface area (Å²) < 4.78 is 10.5. The zero-order valence-electron chi connectivity index (χ0n) is 12.1. The molecule has 4 nitrogen and oxygen atoms in total. The second kappa shape index (κ2) is 6.46. The van der Waals surface area contributed by atoms with Gasteiger partial charge in [-0.3, -0.25) is 4.99 Å². The Morgan fingerprint density at radius 2 is 2.25 bits per heavy atom. The number of aliphatic imine (C=N–C) groups is 1. The van der Waals surface area contributed by atoms with E-state index in [-0.39, 0.29) is 17.6 Å². The molecule has 1 N–H and O–H groups in total. The molecular formula is C15H20ClNO3. The van der Waals surface area contributed by atoms with E-state index < -0.39 is 0 Å². The van der Waals surface area contributed by atoms with Crippen LogP contribution in [0.3, 0.4) is 0 Å². The Hall–Kier alpha value is -1.26. The van der Waals surface area contributed by atoms with Crippen molar-refractivity contribution in [2.75, 3.05) is 20.4 Å². The number of aromatic hydroxyl groups is 1. The highest BCUT2D eigenvalue weighted by Crippen LogP contribution is 2.40. The van der Waals surface area contributed by atoms with Crippen LogP contribution in [-0.2, 0) is 4.74 Å². The molecule has 0 aromatic heterocycles. The molecule has 0 fully saturated rings. The molecule has 1 unspecified atom stereocenters. The average molecular weight is 298 g/mol. The largest absolute Gasteiger partial charge is 0.506 e. The van der Waals surface area contributed by atoms with E-state index in [1.165, 1.54) is 0 Å². The van der Waals surface area contributed by atoms with Crippen molar-refractivity contribution in [1.29, 1.82) is 0 Å². The van der Waals surface area contributed by atoms with Gasteiger partial charge in [0.05, 0.1) is 0 Å². The molecule has 0 saturated carbocycles. The molecule has 1 atom stereocenters. The van der Waals surface area contributed by atoms with Crippen molar-refractivity contribution in [3.05, 3.63) is 22.2 Å². The highest BCUT2D eigenvalue weighted by atomic mass is 35.5. The lowest BCUT2D eigenvalue weighted by Crippen LogP contribution is -2.19. The number of methoxy groups -OCH3 is 1. The number of hydrogen-bond acceptors (Lipinski definition) is 4. The molecule has 0 saturated heterocycles. The molecular weight excluding hydrogens is 278 g/mol. The van der Waals surface area contributed by atoms with Crippen LogP contribution in [0.25, 0.3) is 0 Å². The third-order valence-corrected chi connectivity index (χ3v) is 3.88. The van der Waals surface area contributed by atoms with Crippen molar-refractivity contribution < 1.29 is 14.6 Å². The van der Waals surface area contributed by atoms with Gasteiger partial charge in [0.2, 0.25) is 0 Å². The molecule has 20 heavy (non-hydrogen) atoms. The van der Waals surface area contributed by atoms with E-state index in [0.717, 1.165) is 36.2 Å². The van der Waals surface area contributed by atoms with E-state index in [9.17, 15) is 5.11 Å². The van der Waals surface area contributed by atoms with Crippen molar-refractivity contribution >= 4 is 17.3 Å². The van der Waals surface area contributed by atoms with Gasteiger partial charge in [-0.25, -0.2) is 0 Å². The maximum atomic E-state index is 9.98. The summed E-state index contributed by atoms with van der Waals surface area (Å²) >= 11 is 6.22. The quantitative estimate of drug-likeness (QED) is 0.865. The summed E-state index contributed by atoms with van der Waals surface area (Å²) in [5.41, 5.74) is 2.57. The van der Waals surface area contributed by atoms with Crippen LogP contribution in [0, 0.1) is 12.8 Å². The molecule has 1 aliphatic heterocycles. The van der Waals surface area contributed by atoms with Gasteiger partial charge in [-0.05, 0) is 37.3 Å². The first-order valence-corrected chi connectivity index (χ1v) is 7.12. The van der Waals surface area contributed by atoms with Gasteiger partial charge in [0.25, 0.3) is 0 Å². The molecule has 0 spiro atoms. The molecule has 1 aromatic rings. The van der Waals surface area contributed by atoms with Gasteiger partial charge in [0.15, 0.2) is 12.5 Å². The molecule has 1 aromatic carbocycles. The molecule has 2 rings (SSSR count). The molecule has 5 heteroatoms. The van der Waals surface area contributed by atoms with E-state index in [2.05, 4.69) is 11.9 Å². The number of hydrogen-bond donors (Lipinski definition) is 1. The van der Waals surface area contributed by atoms with Crippen LogP contribution in [0.2, 0.25) is 5.02 Å². The Kier molecular flexibility index (Phi) is 4.89. The van der Waals surface area contributed by atoms with Crippen LogP contribution in [0.1, 0.15) is 30.9 Å². The van der Waals surface area contributed by atoms with Crippen LogP contribution >= 0.6 is 11.6 Å².